The van der Waals surface area contributed by atoms with Crippen molar-refractivity contribution < 1.29 is 0 Å². The largest absolute Gasteiger partial charge is 0.310 e. The lowest BCUT2D eigenvalue weighted by Crippen LogP contribution is -2.42. The van der Waals surface area contributed by atoms with E-state index in [0.29, 0.717) is 0 Å². The lowest BCUT2D eigenvalue weighted by Gasteiger charge is -2.51. The quantitative estimate of drug-likeness (QED) is 0.178. The van der Waals surface area contributed by atoms with Crippen LogP contribution in [0.3, 0.4) is 0 Å². The van der Waals surface area contributed by atoms with E-state index in [-0.39, 0.29) is 0 Å². The third-order valence-corrected chi connectivity index (χ3v) is 10.9. The fourth-order valence-corrected chi connectivity index (χ4v) is 8.66. The molecule has 0 fully saturated rings. The average Bonchev–Trinajstić information content (AvgIpc) is 3.29. The van der Waals surface area contributed by atoms with E-state index in [4.69, 9.17) is 0 Å². The standard InChI is InChI=1S/C50H36N2.2C2H6/c1-35-24-33-49-45(34-35)50(44-20-10-13-23-48(44)52(49)41-31-27-39(28-32-41)37-16-6-3-7-17-37)42-18-8-11-21-46(42)51(47-22-12-9-19-43(47)50)40-29-25-38(26-30-40)36-14-4-2-5-15-36;2*1-2/h2-34H,1H3;2*1-2H3. The summed E-state index contributed by atoms with van der Waals surface area (Å²) >= 11 is 0. The number of nitrogens with zero attached hydrogens (tertiary/aromatic N) is 2. The molecule has 1 spiro atoms. The van der Waals surface area contributed by atoms with Crippen molar-refractivity contribution >= 4 is 34.1 Å². The minimum atomic E-state index is -0.550. The van der Waals surface area contributed by atoms with Gasteiger partial charge in [-0.25, -0.2) is 0 Å². The van der Waals surface area contributed by atoms with Gasteiger partial charge in [0.1, 0.15) is 0 Å². The number of aryl methyl sites for hydroxylation is 1. The summed E-state index contributed by atoms with van der Waals surface area (Å²) < 4.78 is 0. The van der Waals surface area contributed by atoms with Crippen LogP contribution in [0.1, 0.15) is 55.5 Å². The van der Waals surface area contributed by atoms with E-state index in [1.54, 1.807) is 0 Å². The molecule has 10 rings (SSSR count). The van der Waals surface area contributed by atoms with Crippen LogP contribution in [0.4, 0.5) is 34.1 Å². The minimum absolute atomic E-state index is 0.550. The molecule has 0 saturated carbocycles. The molecular weight excluding hydrogens is 677 g/mol. The second-order valence-electron chi connectivity index (χ2n) is 13.8. The summed E-state index contributed by atoms with van der Waals surface area (Å²) in [6, 6.07) is 73.4. The van der Waals surface area contributed by atoms with Gasteiger partial charge in [0.15, 0.2) is 0 Å². The van der Waals surface area contributed by atoms with Crippen molar-refractivity contribution in [3.8, 4) is 22.3 Å². The number of hydrogen-bond donors (Lipinski definition) is 0. The first-order valence-electron chi connectivity index (χ1n) is 20.0. The van der Waals surface area contributed by atoms with E-state index in [1.807, 2.05) is 27.7 Å². The number of para-hydroxylation sites is 3. The number of benzene rings is 8. The first-order chi connectivity index (χ1) is 27.7. The van der Waals surface area contributed by atoms with E-state index in [2.05, 4.69) is 217 Å². The molecule has 0 radical (unpaired) electrons. The van der Waals surface area contributed by atoms with E-state index in [0.717, 1.165) is 11.4 Å². The maximum absolute atomic E-state index is 2.46. The highest BCUT2D eigenvalue weighted by Crippen LogP contribution is 2.64. The Morgan fingerprint density at radius 1 is 0.304 bits per heavy atom. The molecule has 0 saturated heterocycles. The zero-order chi connectivity index (χ0) is 38.6. The van der Waals surface area contributed by atoms with Gasteiger partial charge >= 0.3 is 0 Å². The van der Waals surface area contributed by atoms with Crippen LogP contribution in [-0.2, 0) is 5.41 Å². The Labute approximate surface area is 333 Å². The topological polar surface area (TPSA) is 6.48 Å². The maximum Gasteiger partial charge on any atom is 0.0783 e. The molecule has 2 aliphatic heterocycles. The third-order valence-electron chi connectivity index (χ3n) is 10.9. The Morgan fingerprint density at radius 2 is 0.625 bits per heavy atom. The van der Waals surface area contributed by atoms with Crippen molar-refractivity contribution in [2.24, 2.45) is 0 Å². The monoisotopic (exact) mass is 724 g/mol. The third kappa shape index (κ3) is 5.90. The predicted molar refractivity (Wildman–Crippen MR) is 240 cm³/mol. The van der Waals surface area contributed by atoms with Crippen molar-refractivity contribution in [3.63, 3.8) is 0 Å². The highest BCUT2D eigenvalue weighted by molar-refractivity contribution is 5.96. The van der Waals surface area contributed by atoms with Gasteiger partial charge in [-0.1, -0.05) is 185 Å². The molecule has 0 amide bonds. The fourth-order valence-electron chi connectivity index (χ4n) is 8.66. The lowest BCUT2D eigenvalue weighted by molar-refractivity contribution is 0.718. The van der Waals surface area contributed by atoms with Crippen LogP contribution in [0, 0.1) is 6.92 Å². The summed E-state index contributed by atoms with van der Waals surface area (Å²) in [5.74, 6) is 0. The van der Waals surface area contributed by atoms with Crippen LogP contribution in [0.25, 0.3) is 22.3 Å². The molecule has 56 heavy (non-hydrogen) atoms. The molecule has 0 aromatic heterocycles. The van der Waals surface area contributed by atoms with E-state index in [9.17, 15) is 0 Å². The first kappa shape index (κ1) is 36.3. The molecule has 0 aliphatic carbocycles. The van der Waals surface area contributed by atoms with Gasteiger partial charge in [-0.15, -0.1) is 0 Å². The van der Waals surface area contributed by atoms with Gasteiger partial charge in [-0.2, -0.15) is 0 Å². The van der Waals surface area contributed by atoms with Crippen LogP contribution >= 0.6 is 0 Å². The fraction of sp³-hybridized carbons (Fsp3) is 0.111. The molecular formula is C54H48N2. The minimum Gasteiger partial charge on any atom is -0.310 e. The Morgan fingerprint density at radius 3 is 1.02 bits per heavy atom. The highest BCUT2D eigenvalue weighted by atomic mass is 15.2. The van der Waals surface area contributed by atoms with Crippen LogP contribution < -0.4 is 9.80 Å². The summed E-state index contributed by atoms with van der Waals surface area (Å²) in [5.41, 5.74) is 17.7. The van der Waals surface area contributed by atoms with Crippen LogP contribution in [-0.4, -0.2) is 0 Å². The average molecular weight is 725 g/mol. The van der Waals surface area contributed by atoms with Crippen molar-refractivity contribution in [2.75, 3.05) is 9.80 Å². The molecule has 274 valence electrons. The molecule has 2 heteroatoms. The Kier molecular flexibility index (Phi) is 10.1. The zero-order valence-corrected chi connectivity index (χ0v) is 32.9. The number of fused-ring (bicyclic) bond motifs is 8. The van der Waals surface area contributed by atoms with Gasteiger partial charge in [-0.05, 0) is 100.0 Å². The molecule has 0 N–H and O–H groups in total. The van der Waals surface area contributed by atoms with E-state index in [1.165, 1.54) is 72.8 Å². The maximum atomic E-state index is 2.46. The summed E-state index contributed by atoms with van der Waals surface area (Å²) in [7, 11) is 0. The van der Waals surface area contributed by atoms with Gasteiger partial charge in [-0.3, -0.25) is 0 Å². The van der Waals surface area contributed by atoms with Gasteiger partial charge < -0.3 is 9.80 Å². The van der Waals surface area contributed by atoms with Gasteiger partial charge in [0.2, 0.25) is 0 Å². The van der Waals surface area contributed by atoms with Crippen LogP contribution in [0.2, 0.25) is 0 Å². The Balaban J connectivity index is 0.00000107. The second kappa shape index (κ2) is 15.6. The SMILES string of the molecule is CC.CC.Cc1ccc2c(c1)C1(c3ccccc3N(c3ccc(-c4ccccc4)cc3)c3ccccc31)c1ccccc1N2c1ccc(-c2ccccc2)cc1. The molecule has 2 heterocycles. The lowest BCUT2D eigenvalue weighted by atomic mass is 9.60. The van der Waals surface area contributed by atoms with Crippen molar-refractivity contribution in [1.29, 1.82) is 0 Å². The molecule has 0 atom stereocenters. The number of rotatable bonds is 4. The zero-order valence-electron chi connectivity index (χ0n) is 32.9. The Hall–Kier alpha value is -6.64. The van der Waals surface area contributed by atoms with Crippen molar-refractivity contribution in [2.45, 2.75) is 40.0 Å². The van der Waals surface area contributed by atoms with Gasteiger partial charge in [0, 0.05) is 11.4 Å². The van der Waals surface area contributed by atoms with Crippen molar-refractivity contribution in [3.05, 3.63) is 228 Å². The van der Waals surface area contributed by atoms with Gasteiger partial charge in [0.25, 0.3) is 0 Å². The molecule has 2 aliphatic rings. The summed E-state index contributed by atoms with van der Waals surface area (Å²) in [5, 5.41) is 0. The normalized spacial score (nSPS) is 12.8. The smallest absolute Gasteiger partial charge is 0.0783 e. The molecule has 8 aromatic carbocycles. The van der Waals surface area contributed by atoms with Gasteiger partial charge in [0.05, 0.1) is 28.2 Å². The highest BCUT2D eigenvalue weighted by Gasteiger charge is 2.51. The molecule has 0 unspecified atom stereocenters. The second-order valence-corrected chi connectivity index (χ2v) is 13.8. The summed E-state index contributed by atoms with van der Waals surface area (Å²) in [4.78, 5) is 4.92. The molecule has 8 aromatic rings. The number of anilines is 6. The van der Waals surface area contributed by atoms with Crippen LogP contribution in [0.15, 0.2) is 200 Å². The van der Waals surface area contributed by atoms with Crippen molar-refractivity contribution in [1.82, 2.24) is 0 Å². The summed E-state index contributed by atoms with van der Waals surface area (Å²) in [6.45, 7) is 10.2. The Bertz CT molecular complexity index is 2470. The predicted octanol–water partition coefficient (Wildman–Crippen LogP) is 15.3. The van der Waals surface area contributed by atoms with Crippen LogP contribution in [0.5, 0.6) is 0 Å². The molecule has 2 nitrogen and oxygen atoms in total. The van der Waals surface area contributed by atoms with E-state index >= 15 is 0 Å². The first-order valence-corrected chi connectivity index (χ1v) is 20.0. The number of hydrogen-bond acceptors (Lipinski definition) is 2. The van der Waals surface area contributed by atoms with E-state index < -0.39 is 5.41 Å². The molecule has 0 bridgehead atoms. The summed E-state index contributed by atoms with van der Waals surface area (Å²) in [6.07, 6.45) is 0.